The number of thiophene rings is 1. The van der Waals surface area contributed by atoms with Gasteiger partial charge in [-0.15, -0.1) is 11.3 Å². The normalized spacial score (nSPS) is 18.4. The van der Waals surface area contributed by atoms with Crippen molar-refractivity contribution in [2.75, 3.05) is 6.61 Å². The van der Waals surface area contributed by atoms with Crippen LogP contribution in [0.3, 0.4) is 0 Å². The van der Waals surface area contributed by atoms with Crippen molar-refractivity contribution in [2.24, 2.45) is 0 Å². The second-order valence-corrected chi connectivity index (χ2v) is 7.94. The highest BCUT2D eigenvalue weighted by molar-refractivity contribution is 7.91. The highest BCUT2D eigenvalue weighted by Crippen LogP contribution is 2.33. The fourth-order valence-corrected chi connectivity index (χ4v) is 4.82. The Balaban J connectivity index is 1.89. The number of aryl methyl sites for hydroxylation is 1. The molecule has 1 aromatic heterocycles. The molecule has 1 aliphatic heterocycles. The molecule has 0 spiro atoms. The predicted octanol–water partition coefficient (Wildman–Crippen LogP) is 2.86. The number of rotatable bonds is 3. The molecular formula is C14H15NO3S2. The number of para-hydroxylation sites is 1. The van der Waals surface area contributed by atoms with Crippen LogP contribution < -0.4 is 9.46 Å². The molecule has 1 unspecified atom stereocenters. The molecule has 0 aliphatic carbocycles. The van der Waals surface area contributed by atoms with E-state index in [0.29, 0.717) is 17.2 Å². The van der Waals surface area contributed by atoms with Crippen molar-refractivity contribution in [1.29, 1.82) is 0 Å². The fraction of sp³-hybridized carbons (Fsp3) is 0.286. The van der Waals surface area contributed by atoms with Crippen LogP contribution in [0.5, 0.6) is 5.75 Å². The second-order valence-electron chi connectivity index (χ2n) is 4.71. The lowest BCUT2D eigenvalue weighted by atomic mass is 10.0. The molecule has 1 N–H and O–H groups in total. The Labute approximate surface area is 122 Å². The van der Waals surface area contributed by atoms with Gasteiger partial charge in [-0.3, -0.25) is 0 Å². The molecule has 2 aromatic rings. The van der Waals surface area contributed by atoms with Crippen LogP contribution in [0, 0.1) is 6.92 Å². The van der Waals surface area contributed by atoms with E-state index < -0.39 is 10.0 Å². The number of ether oxygens (including phenoxy) is 1. The summed E-state index contributed by atoms with van der Waals surface area (Å²) >= 11 is 1.28. The Bertz CT molecular complexity index is 722. The molecule has 3 rings (SSSR count). The van der Waals surface area contributed by atoms with E-state index in [0.717, 1.165) is 16.2 Å². The van der Waals surface area contributed by atoms with E-state index in [-0.39, 0.29) is 6.04 Å². The number of nitrogens with one attached hydrogen (secondary N) is 1. The summed E-state index contributed by atoms with van der Waals surface area (Å²) < 4.78 is 33.5. The van der Waals surface area contributed by atoms with Gasteiger partial charge in [0.2, 0.25) is 0 Å². The Hall–Kier alpha value is -1.37. The average molecular weight is 309 g/mol. The topological polar surface area (TPSA) is 55.4 Å². The van der Waals surface area contributed by atoms with E-state index in [2.05, 4.69) is 4.72 Å². The summed E-state index contributed by atoms with van der Waals surface area (Å²) in [5.41, 5.74) is 0.899. The van der Waals surface area contributed by atoms with Gasteiger partial charge in [0.15, 0.2) is 0 Å². The lowest BCUT2D eigenvalue weighted by Crippen LogP contribution is -2.31. The molecular weight excluding hydrogens is 294 g/mol. The van der Waals surface area contributed by atoms with Gasteiger partial charge in [0.1, 0.15) is 9.96 Å². The first-order chi connectivity index (χ1) is 9.56. The van der Waals surface area contributed by atoms with Crippen LogP contribution in [0.1, 0.15) is 22.9 Å². The molecule has 1 aromatic carbocycles. The van der Waals surface area contributed by atoms with Gasteiger partial charge >= 0.3 is 0 Å². The zero-order valence-electron chi connectivity index (χ0n) is 11.0. The number of sulfonamides is 1. The summed E-state index contributed by atoms with van der Waals surface area (Å²) in [5.74, 6) is 0.758. The summed E-state index contributed by atoms with van der Waals surface area (Å²) in [6.07, 6.45) is 0.639. The average Bonchev–Trinajstić information content (AvgIpc) is 2.86. The number of hydrogen-bond donors (Lipinski definition) is 1. The van der Waals surface area contributed by atoms with Crippen molar-refractivity contribution in [3.8, 4) is 5.75 Å². The Morgan fingerprint density at radius 2 is 2.05 bits per heavy atom. The molecule has 2 heterocycles. The summed E-state index contributed by atoms with van der Waals surface area (Å²) in [5, 5.41) is 0. The van der Waals surface area contributed by atoms with Gasteiger partial charge in [-0.25, -0.2) is 13.1 Å². The first kappa shape index (κ1) is 13.6. The van der Waals surface area contributed by atoms with Crippen molar-refractivity contribution in [2.45, 2.75) is 23.6 Å². The minimum Gasteiger partial charge on any atom is -0.493 e. The molecule has 0 radical (unpaired) electrons. The minimum absolute atomic E-state index is 0.229. The van der Waals surface area contributed by atoms with Crippen LogP contribution in [0.4, 0.5) is 0 Å². The van der Waals surface area contributed by atoms with E-state index in [4.69, 9.17) is 4.74 Å². The van der Waals surface area contributed by atoms with Crippen LogP contribution >= 0.6 is 11.3 Å². The minimum atomic E-state index is -3.47. The van der Waals surface area contributed by atoms with Crippen LogP contribution in [-0.2, 0) is 10.0 Å². The number of hydrogen-bond acceptors (Lipinski definition) is 4. The number of benzene rings is 1. The highest BCUT2D eigenvalue weighted by Gasteiger charge is 2.27. The largest absolute Gasteiger partial charge is 0.493 e. The summed E-state index contributed by atoms with van der Waals surface area (Å²) in [4.78, 5) is 0.984. The van der Waals surface area contributed by atoms with Gasteiger partial charge in [0.25, 0.3) is 10.0 Å². The zero-order chi connectivity index (χ0) is 14.2. The van der Waals surface area contributed by atoms with Gasteiger partial charge in [-0.2, -0.15) is 0 Å². The van der Waals surface area contributed by atoms with E-state index in [1.54, 1.807) is 6.07 Å². The lowest BCUT2D eigenvalue weighted by Gasteiger charge is -2.26. The first-order valence-corrected chi connectivity index (χ1v) is 8.67. The van der Waals surface area contributed by atoms with Gasteiger partial charge < -0.3 is 4.74 Å². The molecule has 0 bridgehead atoms. The smallest absolute Gasteiger partial charge is 0.250 e. The van der Waals surface area contributed by atoms with Crippen molar-refractivity contribution in [1.82, 2.24) is 4.72 Å². The third kappa shape index (κ3) is 2.59. The van der Waals surface area contributed by atoms with E-state index >= 15 is 0 Å². The van der Waals surface area contributed by atoms with Crippen LogP contribution in [0.2, 0.25) is 0 Å². The van der Waals surface area contributed by atoms with E-state index in [1.807, 2.05) is 37.3 Å². The molecule has 20 heavy (non-hydrogen) atoms. The standard InChI is InChI=1S/C14H15NO3S2/c1-10-6-7-14(19-10)20(16,17)15-12-8-9-18-13-5-3-2-4-11(12)13/h2-7,12,15H,8-9H2,1H3. The molecule has 1 atom stereocenters. The SMILES string of the molecule is Cc1ccc(S(=O)(=O)NC2CCOc3ccccc32)s1. The summed E-state index contributed by atoms with van der Waals surface area (Å²) in [6, 6.07) is 10.8. The zero-order valence-corrected chi connectivity index (χ0v) is 12.6. The molecule has 1 aliphatic rings. The third-order valence-electron chi connectivity index (χ3n) is 3.24. The molecule has 106 valence electrons. The quantitative estimate of drug-likeness (QED) is 0.948. The van der Waals surface area contributed by atoms with Crippen molar-refractivity contribution in [3.05, 3.63) is 46.8 Å². The Morgan fingerprint density at radius 1 is 1.25 bits per heavy atom. The van der Waals surface area contributed by atoms with Crippen LogP contribution in [0.15, 0.2) is 40.6 Å². The molecule has 6 heteroatoms. The molecule has 0 saturated heterocycles. The molecule has 0 saturated carbocycles. The third-order valence-corrected chi connectivity index (χ3v) is 6.20. The molecule has 4 nitrogen and oxygen atoms in total. The maximum Gasteiger partial charge on any atom is 0.250 e. The maximum atomic E-state index is 12.4. The lowest BCUT2D eigenvalue weighted by molar-refractivity contribution is 0.263. The van der Waals surface area contributed by atoms with Gasteiger partial charge in [-0.05, 0) is 25.1 Å². The van der Waals surface area contributed by atoms with Crippen LogP contribution in [0.25, 0.3) is 0 Å². The Kier molecular flexibility index (Phi) is 3.54. The first-order valence-electron chi connectivity index (χ1n) is 6.37. The Morgan fingerprint density at radius 3 is 2.80 bits per heavy atom. The summed E-state index contributed by atoms with van der Waals surface area (Å²) in [6.45, 7) is 2.42. The van der Waals surface area contributed by atoms with Crippen molar-refractivity contribution in [3.63, 3.8) is 0 Å². The highest BCUT2D eigenvalue weighted by atomic mass is 32.2. The molecule has 0 amide bonds. The van der Waals surface area contributed by atoms with Gasteiger partial charge in [0, 0.05) is 16.9 Å². The van der Waals surface area contributed by atoms with Crippen molar-refractivity contribution >= 4 is 21.4 Å². The second kappa shape index (κ2) is 5.20. The van der Waals surface area contributed by atoms with E-state index in [1.165, 1.54) is 11.3 Å². The predicted molar refractivity (Wildman–Crippen MR) is 78.7 cm³/mol. The van der Waals surface area contributed by atoms with Crippen molar-refractivity contribution < 1.29 is 13.2 Å². The monoisotopic (exact) mass is 309 g/mol. The van der Waals surface area contributed by atoms with Gasteiger partial charge in [0.05, 0.1) is 12.6 Å². The fourth-order valence-electron chi connectivity index (χ4n) is 2.27. The maximum absolute atomic E-state index is 12.4. The molecule has 0 fully saturated rings. The van der Waals surface area contributed by atoms with Crippen LogP contribution in [-0.4, -0.2) is 15.0 Å². The van der Waals surface area contributed by atoms with Gasteiger partial charge in [-0.1, -0.05) is 18.2 Å². The van der Waals surface area contributed by atoms with E-state index in [9.17, 15) is 8.42 Å². The number of fused-ring (bicyclic) bond motifs is 1. The summed E-state index contributed by atoms with van der Waals surface area (Å²) in [7, 11) is -3.47.